The molecule has 53 heavy (non-hydrogen) atoms. The van der Waals surface area contributed by atoms with Gasteiger partial charge in [0.15, 0.2) is 11.0 Å². The molecule has 3 heterocycles. The molecule has 0 bridgehead atoms. The Morgan fingerprint density at radius 2 is 1.85 bits per heavy atom. The number of hydrogen-bond acceptors (Lipinski definition) is 10. The molecule has 3 aromatic rings. The van der Waals surface area contributed by atoms with Gasteiger partial charge in [0.25, 0.3) is 15.9 Å². The third-order valence-electron chi connectivity index (χ3n) is 8.77. The van der Waals surface area contributed by atoms with Gasteiger partial charge in [-0.3, -0.25) is 4.55 Å². The average Bonchev–Trinajstić information content (AvgIpc) is 3.52. The molecule has 1 unspecified atom stereocenters. The van der Waals surface area contributed by atoms with Gasteiger partial charge in [-0.2, -0.15) is 36.0 Å². The highest BCUT2D eigenvalue weighted by Crippen LogP contribution is 2.47. The van der Waals surface area contributed by atoms with Crippen LogP contribution in [0.2, 0.25) is 5.02 Å². The second-order valence-electron chi connectivity index (χ2n) is 12.2. The lowest BCUT2D eigenvalue weighted by molar-refractivity contribution is -0.647. The fourth-order valence-electron chi connectivity index (χ4n) is 6.06. The normalized spacial score (nSPS) is 17.0. The van der Waals surface area contributed by atoms with E-state index in [1.165, 1.54) is 6.07 Å². The smallest absolute Gasteiger partial charge is 0.329 e. The van der Waals surface area contributed by atoms with Gasteiger partial charge in [0.05, 0.1) is 39.7 Å². The molecule has 288 valence electrons. The number of benzene rings is 2. The van der Waals surface area contributed by atoms with Crippen molar-refractivity contribution in [1.29, 1.82) is 0 Å². The van der Waals surface area contributed by atoms with Gasteiger partial charge in [0.1, 0.15) is 23.9 Å². The van der Waals surface area contributed by atoms with Crippen molar-refractivity contribution in [3.05, 3.63) is 64.7 Å². The number of allylic oxidation sites excluding steroid dienone is 2. The number of nitrogens with zero attached hydrogens (tertiary/aromatic N) is 6. The summed E-state index contributed by atoms with van der Waals surface area (Å²) >= 11 is 5.28. The summed E-state index contributed by atoms with van der Waals surface area (Å²) in [6.45, 7) is 6.52. The quantitative estimate of drug-likeness (QED) is 0.0685. The van der Waals surface area contributed by atoms with Crippen LogP contribution in [0.15, 0.2) is 53.2 Å². The lowest BCUT2D eigenvalue weighted by atomic mass is 10.1. The number of alkyl halides is 3. The van der Waals surface area contributed by atoms with Gasteiger partial charge in [-0.25, -0.2) is 13.1 Å². The van der Waals surface area contributed by atoms with E-state index in [-0.39, 0.29) is 18.7 Å². The highest BCUT2D eigenvalue weighted by Gasteiger charge is 2.38. The Labute approximate surface area is 319 Å². The van der Waals surface area contributed by atoms with E-state index in [9.17, 15) is 30.4 Å². The molecule has 0 aliphatic carbocycles. The number of piperidine rings is 1. The zero-order valence-corrected chi connectivity index (χ0v) is 32.8. The number of anilines is 2. The molecular weight excluding hydrogens is 777 g/mol. The van der Waals surface area contributed by atoms with Crippen molar-refractivity contribution in [3.63, 3.8) is 0 Å². The fourth-order valence-corrected chi connectivity index (χ4v) is 8.11. The first-order chi connectivity index (χ1) is 25.1. The highest BCUT2D eigenvalue weighted by atomic mass is 35.5. The predicted octanol–water partition coefficient (Wildman–Crippen LogP) is 6.36. The Morgan fingerprint density at radius 1 is 1.13 bits per heavy atom. The van der Waals surface area contributed by atoms with Crippen LogP contribution in [0.1, 0.15) is 50.9 Å². The maximum Gasteiger partial charge on any atom is 0.417 e. The zero-order chi connectivity index (χ0) is 38.5. The molecule has 2 aliphatic heterocycles. The van der Waals surface area contributed by atoms with Gasteiger partial charge < -0.3 is 9.80 Å². The number of aromatic nitrogens is 2. The Hall–Kier alpha value is -3.12. The molecule has 0 spiro atoms. The van der Waals surface area contributed by atoms with E-state index in [4.69, 9.17) is 20.2 Å². The van der Waals surface area contributed by atoms with Gasteiger partial charge in [-0.1, -0.05) is 37.9 Å². The van der Waals surface area contributed by atoms with E-state index in [1.807, 2.05) is 36.6 Å². The molecule has 1 saturated heterocycles. The summed E-state index contributed by atoms with van der Waals surface area (Å²) in [6.07, 6.45) is 3.60. The molecule has 1 fully saturated rings. The number of aryl methyl sites for hydroxylation is 1. The third-order valence-corrected chi connectivity index (χ3v) is 11.3. The minimum atomic E-state index is -4.72. The molecule has 0 saturated carbocycles. The van der Waals surface area contributed by atoms with Crippen LogP contribution in [-0.4, -0.2) is 77.4 Å². The lowest BCUT2D eigenvalue weighted by Gasteiger charge is -2.22. The average molecular weight is 818 g/mol. The standard InChI is InChI=1S/C34H40ClF3N6O6S3/c1-5-41(6-2)50-52(45)25-14-15-28-30(22-25)44(19-20-51-49-42-16-8-7-9-17-42)32(39(28)3)12-10-13-33-40(4)29-24-27(35)26(34(36,37)38)23-31(29)43(33)18-11-21-53(46,47)48/h10,12-15,22-24H,5-9,11,16-18,21H2,1-4H3/p+1. The van der Waals surface area contributed by atoms with Gasteiger partial charge in [0, 0.05) is 57.2 Å². The van der Waals surface area contributed by atoms with Crippen LogP contribution in [0.3, 0.4) is 0 Å². The summed E-state index contributed by atoms with van der Waals surface area (Å²) in [4.78, 5) is 3.64. The van der Waals surface area contributed by atoms with E-state index in [0.29, 0.717) is 40.8 Å². The Balaban J connectivity index is 1.54. The Morgan fingerprint density at radius 3 is 2.51 bits per heavy atom. The first-order valence-electron chi connectivity index (χ1n) is 16.9. The van der Waals surface area contributed by atoms with Crippen molar-refractivity contribution in [1.82, 2.24) is 14.7 Å². The first kappa shape index (κ1) is 41.1. The minimum Gasteiger partial charge on any atom is -0.329 e. The summed E-state index contributed by atoms with van der Waals surface area (Å²) in [7, 11) is -0.805. The zero-order valence-electron chi connectivity index (χ0n) is 29.6. The van der Waals surface area contributed by atoms with E-state index in [2.05, 4.69) is 11.3 Å². The molecule has 12 nitrogen and oxygen atoms in total. The Bertz CT molecular complexity index is 2070. The van der Waals surface area contributed by atoms with Crippen LogP contribution in [-0.2, 0) is 43.0 Å². The molecule has 0 radical (unpaired) electrons. The van der Waals surface area contributed by atoms with Crippen LogP contribution in [0.4, 0.5) is 24.5 Å². The molecule has 2 aromatic carbocycles. The fraction of sp³-hybridized carbons (Fsp3) is 0.441. The van der Waals surface area contributed by atoms with Crippen molar-refractivity contribution < 1.29 is 43.5 Å². The molecule has 0 amide bonds. The van der Waals surface area contributed by atoms with E-state index in [0.717, 1.165) is 56.0 Å². The van der Waals surface area contributed by atoms with Gasteiger partial charge in [0.2, 0.25) is 11.1 Å². The van der Waals surface area contributed by atoms with E-state index in [1.54, 1.807) is 56.8 Å². The van der Waals surface area contributed by atoms with Crippen molar-refractivity contribution in [2.45, 2.75) is 50.6 Å². The maximum atomic E-state index is 13.9. The van der Waals surface area contributed by atoms with E-state index >= 15 is 0 Å². The number of imidazole rings is 1. The molecular formula is C34H41ClF3N6O6S3+. The van der Waals surface area contributed by atoms with Crippen LogP contribution in [0.25, 0.3) is 17.1 Å². The van der Waals surface area contributed by atoms with Crippen LogP contribution >= 0.6 is 23.6 Å². The van der Waals surface area contributed by atoms with Crippen molar-refractivity contribution >= 4 is 73.3 Å². The van der Waals surface area contributed by atoms with Gasteiger partial charge >= 0.3 is 6.18 Å². The summed E-state index contributed by atoms with van der Waals surface area (Å²) in [5.41, 5.74) is 0.958. The van der Waals surface area contributed by atoms with Gasteiger partial charge in [-0.05, 0) is 49.6 Å². The number of hydroxylamine groups is 4. The summed E-state index contributed by atoms with van der Waals surface area (Å²) < 4.78 is 102. The molecule has 1 aromatic heterocycles. The maximum absolute atomic E-state index is 13.9. The second-order valence-corrected chi connectivity index (χ2v) is 15.8. The van der Waals surface area contributed by atoms with E-state index < -0.39 is 43.7 Å². The number of rotatable bonds is 13. The number of halogens is 4. The van der Waals surface area contributed by atoms with Crippen molar-refractivity contribution in [3.8, 4) is 11.3 Å². The molecule has 5 rings (SSSR count). The summed E-state index contributed by atoms with van der Waals surface area (Å²) in [6, 6.07) is 10.6. The summed E-state index contributed by atoms with van der Waals surface area (Å²) in [5, 5.41) is 6.00. The van der Waals surface area contributed by atoms with Gasteiger partial charge in [-0.15, -0.1) is 4.57 Å². The second kappa shape index (κ2) is 17.6. The Kier molecular flexibility index (Phi) is 13.6. The number of hydrogen-bond donors (Lipinski definition) is 1. The molecule has 1 N–H and O–H groups in total. The third kappa shape index (κ3) is 9.96. The largest absolute Gasteiger partial charge is 0.417 e. The lowest BCUT2D eigenvalue weighted by Crippen LogP contribution is -2.30. The predicted molar refractivity (Wildman–Crippen MR) is 201 cm³/mol. The van der Waals surface area contributed by atoms with Crippen LogP contribution in [0, 0.1) is 11.3 Å². The van der Waals surface area contributed by atoms with Crippen molar-refractivity contribution in [2.75, 3.05) is 55.3 Å². The molecule has 19 heteroatoms. The summed E-state index contributed by atoms with van der Waals surface area (Å²) in [5.74, 6) is 0.468. The van der Waals surface area contributed by atoms with Crippen LogP contribution < -0.4 is 14.4 Å². The number of fused-ring (bicyclic) bond motifs is 2. The minimum absolute atomic E-state index is 0.0149. The molecule has 2 aliphatic rings. The monoisotopic (exact) mass is 817 g/mol. The first-order valence-corrected chi connectivity index (χ1v) is 20.7. The van der Waals surface area contributed by atoms with Crippen molar-refractivity contribution in [2.24, 2.45) is 7.05 Å². The topological polar surface area (TPSA) is 112 Å². The molecule has 1 atom stereocenters. The van der Waals surface area contributed by atoms with Crippen LogP contribution in [0.5, 0.6) is 0 Å². The highest BCUT2D eigenvalue weighted by molar-refractivity contribution is 7.99. The SMILES string of the molecule is CCN(CC)OS(=O)c1ccc2c(c1)n(C#CSON1CCCCC1)c(/C=C/C=C1\N(C)c3cc(Cl)c(C(F)(F)F)cc3N1CCCS(=O)(=O)O)[n+]2C.